The summed E-state index contributed by atoms with van der Waals surface area (Å²) in [6, 6.07) is 0. The van der Waals surface area contributed by atoms with Gasteiger partial charge in [0, 0.05) is 0 Å². The molecule has 5 rings (SSSR count). The van der Waals surface area contributed by atoms with Gasteiger partial charge < -0.3 is 5.11 Å². The molecule has 0 saturated heterocycles. The number of allylic oxidation sites excluding steroid dienone is 2. The first-order valence-electron chi connectivity index (χ1n) is 13.6. The molecule has 0 radical (unpaired) electrons. The van der Waals surface area contributed by atoms with Crippen LogP contribution < -0.4 is 0 Å². The summed E-state index contributed by atoms with van der Waals surface area (Å²) in [5.74, 6) is 2.21. The summed E-state index contributed by atoms with van der Waals surface area (Å²) in [6.45, 7) is 20.4. The fraction of sp³-hybridized carbons (Fsp3) is 0.933. The highest BCUT2D eigenvalue weighted by Crippen LogP contribution is 2.75. The Morgan fingerprint density at radius 2 is 1.45 bits per heavy atom. The second-order valence-electron chi connectivity index (χ2n) is 15.2. The number of hydrogen-bond donors (Lipinski definition) is 1. The van der Waals surface area contributed by atoms with E-state index in [0.717, 1.165) is 18.3 Å². The van der Waals surface area contributed by atoms with Crippen molar-refractivity contribution < 1.29 is 5.11 Å². The average molecular weight is 427 g/mol. The molecule has 4 fully saturated rings. The van der Waals surface area contributed by atoms with Crippen LogP contribution in [0.4, 0.5) is 0 Å². The Morgan fingerprint density at radius 3 is 2.16 bits per heavy atom. The van der Waals surface area contributed by atoms with Gasteiger partial charge >= 0.3 is 0 Å². The smallest absolute Gasteiger partial charge is 0.0594 e. The molecular weight excluding hydrogens is 376 g/mol. The number of aliphatic hydroxyl groups is 1. The van der Waals surface area contributed by atoms with Crippen LogP contribution in [0.2, 0.25) is 0 Å². The molecule has 0 spiro atoms. The monoisotopic (exact) mass is 426 g/mol. The molecule has 0 amide bonds. The van der Waals surface area contributed by atoms with Gasteiger partial charge in [0.1, 0.15) is 0 Å². The topological polar surface area (TPSA) is 20.2 Å². The molecule has 31 heavy (non-hydrogen) atoms. The SMILES string of the molecule is CC1(C)CC[C@]2(C)CC[C@]3(C)C(=CC[C@H]4[C@@]5(C)CC[C@H](O)C(C)(C)[C@@H]5CC[C@]43C)[C@H]2C1. The van der Waals surface area contributed by atoms with Gasteiger partial charge in [-0.25, -0.2) is 0 Å². The van der Waals surface area contributed by atoms with Crippen LogP contribution in [0.15, 0.2) is 11.6 Å². The van der Waals surface area contributed by atoms with Gasteiger partial charge in [-0.05, 0) is 114 Å². The molecule has 0 unspecified atom stereocenters. The lowest BCUT2D eigenvalue weighted by molar-refractivity contribution is -0.202. The maximum Gasteiger partial charge on any atom is 0.0594 e. The molecule has 8 atom stereocenters. The number of hydrogen-bond acceptors (Lipinski definition) is 1. The molecule has 176 valence electrons. The highest BCUT2D eigenvalue weighted by atomic mass is 16.3. The largest absolute Gasteiger partial charge is 0.393 e. The van der Waals surface area contributed by atoms with E-state index >= 15 is 0 Å². The summed E-state index contributed by atoms with van der Waals surface area (Å²) >= 11 is 0. The van der Waals surface area contributed by atoms with E-state index in [9.17, 15) is 5.11 Å². The van der Waals surface area contributed by atoms with E-state index in [4.69, 9.17) is 0 Å². The Hall–Kier alpha value is -0.300. The quantitative estimate of drug-likeness (QED) is 0.387. The summed E-state index contributed by atoms with van der Waals surface area (Å²) in [6.07, 6.45) is 15.9. The van der Waals surface area contributed by atoms with Gasteiger partial charge in [0.25, 0.3) is 0 Å². The maximum absolute atomic E-state index is 10.9. The van der Waals surface area contributed by atoms with Gasteiger partial charge in [0.2, 0.25) is 0 Å². The summed E-state index contributed by atoms with van der Waals surface area (Å²) < 4.78 is 0. The third kappa shape index (κ3) is 2.77. The van der Waals surface area contributed by atoms with Gasteiger partial charge in [0.05, 0.1) is 6.10 Å². The van der Waals surface area contributed by atoms with Crippen LogP contribution in [0, 0.1) is 50.2 Å². The standard InChI is InChI=1S/C30H50O/c1-25(2)15-16-27(5)17-18-29(7)20(21(27)19-25)9-10-23-28(6)13-12-24(31)26(3,4)22(28)11-14-30(23,29)8/h9,21-24,31H,10-19H2,1-8H3/t21-,22+,23+,24+,27-,28+,29-,30-/m1/s1. The molecular formula is C30H50O. The number of rotatable bonds is 0. The van der Waals surface area contributed by atoms with E-state index in [1.165, 1.54) is 57.8 Å². The zero-order chi connectivity index (χ0) is 22.7. The second-order valence-corrected chi connectivity index (χ2v) is 15.2. The van der Waals surface area contributed by atoms with Crippen LogP contribution in [0.5, 0.6) is 0 Å². The van der Waals surface area contributed by atoms with E-state index < -0.39 is 0 Å². The Bertz CT molecular complexity index is 790. The predicted octanol–water partition coefficient (Wildman–Crippen LogP) is 8.17. The van der Waals surface area contributed by atoms with Crippen molar-refractivity contribution in [2.75, 3.05) is 0 Å². The van der Waals surface area contributed by atoms with E-state index in [-0.39, 0.29) is 11.5 Å². The summed E-state index contributed by atoms with van der Waals surface area (Å²) in [5.41, 5.74) is 4.09. The van der Waals surface area contributed by atoms with Crippen LogP contribution in [-0.2, 0) is 0 Å². The van der Waals surface area contributed by atoms with E-state index in [2.05, 4.69) is 61.5 Å². The third-order valence-corrected chi connectivity index (χ3v) is 13.0. The Morgan fingerprint density at radius 1 is 0.774 bits per heavy atom. The average Bonchev–Trinajstić information content (AvgIpc) is 2.67. The fourth-order valence-corrected chi connectivity index (χ4v) is 10.5. The lowest BCUT2D eigenvalue weighted by Crippen LogP contribution is -2.64. The fourth-order valence-electron chi connectivity index (χ4n) is 10.5. The van der Waals surface area contributed by atoms with Gasteiger partial charge in [0.15, 0.2) is 0 Å². The molecule has 1 nitrogen and oxygen atoms in total. The van der Waals surface area contributed by atoms with Crippen LogP contribution in [0.3, 0.4) is 0 Å². The normalized spacial score (nSPS) is 55.2. The molecule has 0 aliphatic heterocycles. The zero-order valence-electron chi connectivity index (χ0n) is 21.9. The van der Waals surface area contributed by atoms with Crippen molar-refractivity contribution in [2.24, 2.45) is 50.2 Å². The van der Waals surface area contributed by atoms with Crippen LogP contribution in [0.25, 0.3) is 0 Å². The Balaban J connectivity index is 1.57. The molecule has 0 heterocycles. The number of fused-ring (bicyclic) bond motifs is 7. The molecule has 4 saturated carbocycles. The molecule has 1 N–H and O–H groups in total. The molecule has 0 aromatic rings. The Labute approximate surface area is 192 Å². The minimum absolute atomic E-state index is 0.0533. The highest BCUT2D eigenvalue weighted by molar-refractivity contribution is 5.33. The molecule has 5 aliphatic rings. The molecule has 0 aromatic carbocycles. The molecule has 0 bridgehead atoms. The molecule has 0 aromatic heterocycles. The minimum Gasteiger partial charge on any atom is -0.393 e. The second kappa shape index (κ2) is 6.43. The van der Waals surface area contributed by atoms with Gasteiger partial charge in [-0.15, -0.1) is 0 Å². The lowest BCUT2D eigenvalue weighted by atomic mass is 9.33. The number of aliphatic hydroxyl groups excluding tert-OH is 1. The van der Waals surface area contributed by atoms with Crippen molar-refractivity contribution in [3.8, 4) is 0 Å². The summed E-state index contributed by atoms with van der Waals surface area (Å²) in [4.78, 5) is 0. The van der Waals surface area contributed by atoms with E-state index in [1.54, 1.807) is 0 Å². The third-order valence-electron chi connectivity index (χ3n) is 13.0. The van der Waals surface area contributed by atoms with Gasteiger partial charge in [-0.3, -0.25) is 0 Å². The molecule has 5 aliphatic carbocycles. The lowest BCUT2D eigenvalue weighted by Gasteiger charge is -2.71. The van der Waals surface area contributed by atoms with Crippen LogP contribution in [0.1, 0.15) is 120 Å². The Kier molecular flexibility index (Phi) is 4.66. The van der Waals surface area contributed by atoms with Crippen molar-refractivity contribution in [1.82, 2.24) is 0 Å². The van der Waals surface area contributed by atoms with Crippen molar-refractivity contribution in [3.05, 3.63) is 11.6 Å². The van der Waals surface area contributed by atoms with E-state index in [0.29, 0.717) is 33.0 Å². The van der Waals surface area contributed by atoms with Gasteiger partial charge in [-0.1, -0.05) is 67.0 Å². The van der Waals surface area contributed by atoms with Gasteiger partial charge in [-0.2, -0.15) is 0 Å². The zero-order valence-corrected chi connectivity index (χ0v) is 21.9. The van der Waals surface area contributed by atoms with Crippen LogP contribution in [-0.4, -0.2) is 11.2 Å². The van der Waals surface area contributed by atoms with Crippen molar-refractivity contribution >= 4 is 0 Å². The summed E-state index contributed by atoms with van der Waals surface area (Å²) in [7, 11) is 0. The van der Waals surface area contributed by atoms with E-state index in [1.807, 2.05) is 5.57 Å². The van der Waals surface area contributed by atoms with Crippen molar-refractivity contribution in [1.29, 1.82) is 0 Å². The first-order chi connectivity index (χ1) is 14.2. The first kappa shape index (κ1) is 22.5. The van der Waals surface area contributed by atoms with Crippen molar-refractivity contribution in [2.45, 2.75) is 126 Å². The highest BCUT2D eigenvalue weighted by Gasteiger charge is 2.67. The molecule has 1 heteroatoms. The minimum atomic E-state index is -0.125. The summed E-state index contributed by atoms with van der Waals surface area (Å²) in [5, 5.41) is 10.9. The van der Waals surface area contributed by atoms with Crippen LogP contribution >= 0.6 is 0 Å². The maximum atomic E-state index is 10.9. The first-order valence-corrected chi connectivity index (χ1v) is 13.6. The van der Waals surface area contributed by atoms with Crippen molar-refractivity contribution in [3.63, 3.8) is 0 Å². The predicted molar refractivity (Wildman–Crippen MR) is 131 cm³/mol.